The summed E-state index contributed by atoms with van der Waals surface area (Å²) in [6, 6.07) is 7.64. The lowest BCUT2D eigenvalue weighted by Crippen LogP contribution is -2.50. The maximum atomic E-state index is 12.9. The Morgan fingerprint density at radius 3 is 2.46 bits per heavy atom. The molecule has 0 N–H and O–H groups in total. The average Bonchev–Trinajstić information content (AvgIpc) is 2.90. The van der Waals surface area contributed by atoms with E-state index >= 15 is 0 Å². The van der Waals surface area contributed by atoms with Crippen LogP contribution in [0.4, 0.5) is 0 Å². The quantitative estimate of drug-likeness (QED) is 0.727. The Hall–Kier alpha value is -1.37. The van der Waals surface area contributed by atoms with Gasteiger partial charge in [-0.1, -0.05) is 29.8 Å². The molecule has 1 fully saturated rings. The van der Waals surface area contributed by atoms with Gasteiger partial charge in [0.15, 0.2) is 0 Å². The van der Waals surface area contributed by atoms with Gasteiger partial charge >= 0.3 is 0 Å². The zero-order valence-corrected chi connectivity index (χ0v) is 17.7. The second kappa shape index (κ2) is 8.11. The summed E-state index contributed by atoms with van der Waals surface area (Å²) in [6.45, 7) is 9.83. The maximum absolute atomic E-state index is 12.9. The van der Waals surface area contributed by atoms with Crippen LogP contribution in [0.15, 0.2) is 28.7 Å². The number of halogens is 2. The number of hydrogen-bond acceptors (Lipinski definition) is 3. The van der Waals surface area contributed by atoms with E-state index in [0.29, 0.717) is 0 Å². The number of carbonyl (C=O) groups excluding carboxylic acids is 1. The second-order valence-corrected chi connectivity index (χ2v) is 8.00. The predicted molar refractivity (Wildman–Crippen MR) is 107 cm³/mol. The van der Waals surface area contributed by atoms with E-state index in [1.54, 1.807) is 0 Å². The molecule has 7 heteroatoms. The summed E-state index contributed by atoms with van der Waals surface area (Å²) in [4.78, 5) is 17.2. The van der Waals surface area contributed by atoms with Crippen LogP contribution in [-0.4, -0.2) is 51.7 Å². The number of hydrogen-bond donors (Lipinski definition) is 0. The van der Waals surface area contributed by atoms with Gasteiger partial charge < -0.3 is 4.90 Å². The molecule has 1 aliphatic rings. The molecule has 1 atom stereocenters. The zero-order chi connectivity index (χ0) is 18.8. The van der Waals surface area contributed by atoms with Crippen molar-refractivity contribution in [2.24, 2.45) is 0 Å². The van der Waals surface area contributed by atoms with Crippen LogP contribution >= 0.6 is 27.5 Å². The smallest absolute Gasteiger partial charge is 0.247 e. The van der Waals surface area contributed by atoms with E-state index in [4.69, 9.17) is 11.6 Å². The molecule has 2 heterocycles. The summed E-state index contributed by atoms with van der Waals surface area (Å²) >= 11 is 9.79. The number of amides is 1. The Morgan fingerprint density at radius 1 is 1.23 bits per heavy atom. The monoisotopic (exact) mass is 438 g/mol. The van der Waals surface area contributed by atoms with E-state index in [-0.39, 0.29) is 11.9 Å². The van der Waals surface area contributed by atoms with E-state index in [9.17, 15) is 4.79 Å². The molecule has 0 spiro atoms. The Balaban J connectivity index is 1.59. The van der Waals surface area contributed by atoms with Gasteiger partial charge in [0.25, 0.3) is 0 Å². The Morgan fingerprint density at radius 2 is 1.88 bits per heavy atom. The van der Waals surface area contributed by atoms with Gasteiger partial charge in [-0.3, -0.25) is 14.4 Å². The summed E-state index contributed by atoms with van der Waals surface area (Å²) in [7, 11) is 0. The van der Waals surface area contributed by atoms with Crippen molar-refractivity contribution >= 4 is 33.4 Å². The summed E-state index contributed by atoms with van der Waals surface area (Å²) in [5.74, 6) is 0.125. The highest BCUT2D eigenvalue weighted by molar-refractivity contribution is 9.10. The number of aromatic nitrogens is 2. The van der Waals surface area contributed by atoms with Gasteiger partial charge in [0.1, 0.15) is 6.04 Å². The average molecular weight is 440 g/mol. The number of carbonyl (C=O) groups is 1. The molecular formula is C19H24BrClN4O. The van der Waals surface area contributed by atoms with Crippen LogP contribution in [0.5, 0.6) is 0 Å². The Bertz CT molecular complexity index is 799. The third kappa shape index (κ3) is 3.97. The van der Waals surface area contributed by atoms with Crippen LogP contribution in [0.1, 0.15) is 29.9 Å². The molecule has 1 aromatic carbocycles. The Labute approximate surface area is 168 Å². The third-order valence-corrected chi connectivity index (χ3v) is 6.51. The molecule has 0 radical (unpaired) electrons. The molecule has 0 aliphatic carbocycles. The molecule has 1 amide bonds. The lowest BCUT2D eigenvalue weighted by atomic mass is 10.2. The SMILES string of the molecule is Cc1nn(C(C)C(=O)N2CCN(Cc3ccccc3Cl)CC2)c(C)c1Br. The summed E-state index contributed by atoms with van der Waals surface area (Å²) < 4.78 is 2.79. The van der Waals surface area contributed by atoms with Crippen LogP contribution in [0.25, 0.3) is 0 Å². The number of rotatable bonds is 4. The molecule has 1 aliphatic heterocycles. The normalized spacial score (nSPS) is 16.7. The highest BCUT2D eigenvalue weighted by atomic mass is 79.9. The second-order valence-electron chi connectivity index (χ2n) is 6.80. The Kier molecular flexibility index (Phi) is 6.05. The van der Waals surface area contributed by atoms with Crippen molar-refractivity contribution < 1.29 is 4.79 Å². The molecule has 26 heavy (non-hydrogen) atoms. The number of nitrogens with zero attached hydrogens (tertiary/aromatic N) is 4. The molecule has 1 saturated heterocycles. The van der Waals surface area contributed by atoms with E-state index in [0.717, 1.165) is 59.2 Å². The van der Waals surface area contributed by atoms with Gasteiger partial charge in [0.05, 0.1) is 15.9 Å². The number of benzene rings is 1. The molecule has 0 saturated carbocycles. The molecule has 1 unspecified atom stereocenters. The first-order valence-corrected chi connectivity index (χ1v) is 10.0. The molecule has 1 aromatic heterocycles. The van der Waals surface area contributed by atoms with Crippen molar-refractivity contribution in [1.29, 1.82) is 0 Å². The van der Waals surface area contributed by atoms with Crippen molar-refractivity contribution in [3.63, 3.8) is 0 Å². The lowest BCUT2D eigenvalue weighted by molar-refractivity contribution is -0.136. The molecule has 140 valence electrons. The van der Waals surface area contributed by atoms with Crippen molar-refractivity contribution in [2.75, 3.05) is 26.2 Å². The van der Waals surface area contributed by atoms with Crippen molar-refractivity contribution in [3.8, 4) is 0 Å². The van der Waals surface area contributed by atoms with E-state index in [2.05, 4.69) is 32.0 Å². The number of piperazine rings is 1. The van der Waals surface area contributed by atoms with Gasteiger partial charge in [0.2, 0.25) is 5.91 Å². The maximum Gasteiger partial charge on any atom is 0.247 e. The van der Waals surface area contributed by atoms with Crippen LogP contribution in [-0.2, 0) is 11.3 Å². The number of aryl methyl sites for hydroxylation is 1. The lowest BCUT2D eigenvalue weighted by Gasteiger charge is -2.36. The molecule has 2 aromatic rings. The fraction of sp³-hybridized carbons (Fsp3) is 0.474. The van der Waals surface area contributed by atoms with Gasteiger partial charge in [0, 0.05) is 37.7 Å². The highest BCUT2D eigenvalue weighted by Crippen LogP contribution is 2.24. The largest absolute Gasteiger partial charge is 0.338 e. The summed E-state index contributed by atoms with van der Waals surface area (Å²) in [6.07, 6.45) is 0. The van der Waals surface area contributed by atoms with Crippen LogP contribution in [0.3, 0.4) is 0 Å². The minimum atomic E-state index is -0.296. The fourth-order valence-corrected chi connectivity index (χ4v) is 3.84. The summed E-state index contributed by atoms with van der Waals surface area (Å²) in [5, 5.41) is 5.30. The van der Waals surface area contributed by atoms with Gasteiger partial charge in [-0.05, 0) is 48.3 Å². The highest BCUT2D eigenvalue weighted by Gasteiger charge is 2.28. The van der Waals surface area contributed by atoms with Crippen molar-refractivity contribution in [3.05, 3.63) is 50.7 Å². The van der Waals surface area contributed by atoms with Gasteiger partial charge in [-0.15, -0.1) is 0 Å². The minimum Gasteiger partial charge on any atom is -0.338 e. The van der Waals surface area contributed by atoms with E-state index in [1.807, 2.05) is 48.6 Å². The van der Waals surface area contributed by atoms with Crippen LogP contribution in [0.2, 0.25) is 5.02 Å². The topological polar surface area (TPSA) is 41.4 Å². The first-order chi connectivity index (χ1) is 12.4. The van der Waals surface area contributed by atoms with Crippen molar-refractivity contribution in [2.45, 2.75) is 33.4 Å². The van der Waals surface area contributed by atoms with E-state index < -0.39 is 0 Å². The molecular weight excluding hydrogens is 416 g/mol. The molecule has 3 rings (SSSR count). The first kappa shape index (κ1) is 19.4. The molecule has 0 bridgehead atoms. The fourth-order valence-electron chi connectivity index (χ4n) is 3.38. The van der Waals surface area contributed by atoms with Gasteiger partial charge in [-0.25, -0.2) is 0 Å². The first-order valence-electron chi connectivity index (χ1n) is 8.84. The van der Waals surface area contributed by atoms with Gasteiger partial charge in [-0.2, -0.15) is 5.10 Å². The zero-order valence-electron chi connectivity index (χ0n) is 15.4. The van der Waals surface area contributed by atoms with E-state index in [1.165, 1.54) is 0 Å². The standard InChI is InChI=1S/C19H24BrClN4O/c1-13-18(20)14(2)25(22-13)15(3)19(26)24-10-8-23(9-11-24)12-16-6-4-5-7-17(16)21/h4-7,15H,8-12H2,1-3H3. The molecule has 5 nitrogen and oxygen atoms in total. The summed E-state index contributed by atoms with van der Waals surface area (Å²) in [5.41, 5.74) is 3.03. The van der Waals surface area contributed by atoms with Crippen LogP contribution < -0.4 is 0 Å². The predicted octanol–water partition coefficient (Wildman–Crippen LogP) is 3.82. The third-order valence-electron chi connectivity index (χ3n) is 5.00. The van der Waals surface area contributed by atoms with Crippen LogP contribution in [0, 0.1) is 13.8 Å². The van der Waals surface area contributed by atoms with Crippen molar-refractivity contribution in [1.82, 2.24) is 19.6 Å². The minimum absolute atomic E-state index is 0.125.